The number of carbonyl (C=O) groups excluding carboxylic acids is 1. The van der Waals surface area contributed by atoms with E-state index in [0.29, 0.717) is 27.9 Å². The summed E-state index contributed by atoms with van der Waals surface area (Å²) in [5.41, 5.74) is 3.19. The summed E-state index contributed by atoms with van der Waals surface area (Å²) >= 11 is 1.33. The van der Waals surface area contributed by atoms with Gasteiger partial charge >= 0.3 is 6.03 Å². The summed E-state index contributed by atoms with van der Waals surface area (Å²) < 4.78 is 11.2. The third-order valence-corrected chi connectivity index (χ3v) is 4.77. The zero-order valence-corrected chi connectivity index (χ0v) is 15.6. The van der Waals surface area contributed by atoms with E-state index in [0.717, 1.165) is 16.6 Å². The fourth-order valence-electron chi connectivity index (χ4n) is 2.66. The van der Waals surface area contributed by atoms with Gasteiger partial charge in [0, 0.05) is 16.5 Å². The molecule has 4 rings (SSSR count). The molecule has 0 aliphatic rings. The van der Waals surface area contributed by atoms with Gasteiger partial charge in [0.05, 0.1) is 7.11 Å². The summed E-state index contributed by atoms with van der Waals surface area (Å²) in [6.07, 6.45) is 0. The molecule has 136 valence electrons. The second kappa shape index (κ2) is 7.13. The van der Waals surface area contributed by atoms with Crippen LogP contribution in [0.4, 0.5) is 15.6 Å². The van der Waals surface area contributed by atoms with Gasteiger partial charge in [0.1, 0.15) is 5.69 Å². The maximum atomic E-state index is 12.1. The van der Waals surface area contributed by atoms with Crippen LogP contribution in [0.2, 0.25) is 0 Å². The first-order valence-electron chi connectivity index (χ1n) is 8.29. The molecule has 2 aromatic heterocycles. The molecule has 6 nitrogen and oxygen atoms in total. The predicted octanol–water partition coefficient (Wildman–Crippen LogP) is 5.52. The zero-order valence-electron chi connectivity index (χ0n) is 14.8. The van der Waals surface area contributed by atoms with Crippen LogP contribution in [-0.4, -0.2) is 18.1 Å². The van der Waals surface area contributed by atoms with Crippen LogP contribution in [0.5, 0.6) is 5.75 Å². The van der Waals surface area contributed by atoms with Crippen LogP contribution in [0.1, 0.15) is 5.56 Å². The fraction of sp³-hybridized carbons (Fsp3) is 0.100. The molecule has 0 aliphatic carbocycles. The van der Waals surface area contributed by atoms with Gasteiger partial charge in [-0.1, -0.05) is 29.8 Å². The molecule has 0 bridgehead atoms. The number of amides is 2. The SMILES string of the molecule is COc1cccc2cc(-c3csc(NC(=O)Nc4ccc(C)cc4)n3)oc12. The zero-order chi connectivity index (χ0) is 18.8. The topological polar surface area (TPSA) is 76.4 Å². The van der Waals surface area contributed by atoms with Crippen molar-refractivity contribution >= 4 is 39.2 Å². The van der Waals surface area contributed by atoms with Crippen molar-refractivity contribution in [2.75, 3.05) is 17.7 Å². The van der Waals surface area contributed by atoms with Gasteiger partial charge in [-0.25, -0.2) is 9.78 Å². The lowest BCUT2D eigenvalue weighted by Crippen LogP contribution is -2.19. The number of carbonyl (C=O) groups is 1. The summed E-state index contributed by atoms with van der Waals surface area (Å²) in [5.74, 6) is 1.29. The van der Waals surface area contributed by atoms with E-state index in [1.807, 2.05) is 60.8 Å². The Morgan fingerprint density at radius 2 is 1.96 bits per heavy atom. The highest BCUT2D eigenvalue weighted by molar-refractivity contribution is 7.14. The van der Waals surface area contributed by atoms with Gasteiger partial charge in [0.25, 0.3) is 0 Å². The van der Waals surface area contributed by atoms with Crippen molar-refractivity contribution in [3.63, 3.8) is 0 Å². The highest BCUT2D eigenvalue weighted by Crippen LogP contribution is 2.34. The minimum Gasteiger partial charge on any atom is -0.493 e. The Kier molecular flexibility index (Phi) is 4.52. The Morgan fingerprint density at radius 1 is 1.15 bits per heavy atom. The number of aryl methyl sites for hydroxylation is 1. The van der Waals surface area contributed by atoms with Crippen molar-refractivity contribution < 1.29 is 13.9 Å². The summed E-state index contributed by atoms with van der Waals surface area (Å²) in [7, 11) is 1.61. The van der Waals surface area contributed by atoms with Crippen LogP contribution >= 0.6 is 11.3 Å². The molecular weight excluding hydrogens is 362 g/mol. The van der Waals surface area contributed by atoms with Gasteiger partial charge < -0.3 is 14.5 Å². The first kappa shape index (κ1) is 17.1. The van der Waals surface area contributed by atoms with Gasteiger partial charge in [-0.2, -0.15) is 0 Å². The third-order valence-electron chi connectivity index (χ3n) is 4.01. The van der Waals surface area contributed by atoms with E-state index in [1.54, 1.807) is 7.11 Å². The Balaban J connectivity index is 1.50. The number of anilines is 2. The van der Waals surface area contributed by atoms with Crippen molar-refractivity contribution in [3.05, 3.63) is 59.5 Å². The molecule has 0 spiro atoms. The number of thiazole rings is 1. The van der Waals surface area contributed by atoms with Crippen LogP contribution in [0, 0.1) is 6.92 Å². The Morgan fingerprint density at radius 3 is 2.74 bits per heavy atom. The molecular formula is C20H17N3O3S. The number of fused-ring (bicyclic) bond motifs is 1. The van der Waals surface area contributed by atoms with E-state index in [2.05, 4.69) is 15.6 Å². The summed E-state index contributed by atoms with van der Waals surface area (Å²) in [6, 6.07) is 14.8. The quantitative estimate of drug-likeness (QED) is 0.490. The first-order chi connectivity index (χ1) is 13.1. The predicted molar refractivity (Wildman–Crippen MR) is 108 cm³/mol. The van der Waals surface area contributed by atoms with Gasteiger partial charge in [-0.3, -0.25) is 5.32 Å². The number of hydrogen-bond donors (Lipinski definition) is 2. The number of para-hydroxylation sites is 1. The lowest BCUT2D eigenvalue weighted by Gasteiger charge is -2.05. The summed E-state index contributed by atoms with van der Waals surface area (Å²) in [4.78, 5) is 16.6. The molecule has 0 atom stereocenters. The molecule has 0 saturated carbocycles. The molecule has 0 saturated heterocycles. The molecule has 2 amide bonds. The lowest BCUT2D eigenvalue weighted by atomic mass is 10.2. The van der Waals surface area contributed by atoms with Crippen LogP contribution in [0.15, 0.2) is 58.3 Å². The van der Waals surface area contributed by atoms with Crippen molar-refractivity contribution in [2.45, 2.75) is 6.92 Å². The van der Waals surface area contributed by atoms with Crippen molar-refractivity contribution in [1.82, 2.24) is 4.98 Å². The molecule has 0 radical (unpaired) electrons. The van der Waals surface area contributed by atoms with E-state index in [-0.39, 0.29) is 6.03 Å². The average molecular weight is 379 g/mol. The largest absolute Gasteiger partial charge is 0.493 e. The van der Waals surface area contributed by atoms with E-state index >= 15 is 0 Å². The number of furan rings is 1. The smallest absolute Gasteiger partial charge is 0.325 e. The monoisotopic (exact) mass is 379 g/mol. The molecule has 7 heteroatoms. The van der Waals surface area contributed by atoms with Crippen LogP contribution < -0.4 is 15.4 Å². The molecule has 4 aromatic rings. The number of urea groups is 1. The van der Waals surface area contributed by atoms with Crippen LogP contribution in [0.25, 0.3) is 22.4 Å². The molecule has 2 heterocycles. The van der Waals surface area contributed by atoms with Gasteiger partial charge in [-0.05, 0) is 31.2 Å². The van der Waals surface area contributed by atoms with Crippen LogP contribution in [-0.2, 0) is 0 Å². The van der Waals surface area contributed by atoms with Gasteiger partial charge in [0.15, 0.2) is 22.2 Å². The van der Waals surface area contributed by atoms with Crippen molar-refractivity contribution in [3.8, 4) is 17.2 Å². The number of methoxy groups -OCH3 is 1. The number of aromatic nitrogens is 1. The fourth-order valence-corrected chi connectivity index (χ4v) is 3.36. The standard InChI is InChI=1S/C20H17N3O3S/c1-12-6-8-14(9-7-12)21-19(24)23-20-22-15(11-27-20)17-10-13-4-3-5-16(25-2)18(13)26-17/h3-11H,1-2H3,(H2,21,22,23,24). The molecule has 27 heavy (non-hydrogen) atoms. The van der Waals surface area contributed by atoms with E-state index < -0.39 is 0 Å². The van der Waals surface area contributed by atoms with E-state index in [4.69, 9.17) is 9.15 Å². The Bertz CT molecular complexity index is 1100. The molecule has 0 unspecified atom stereocenters. The van der Waals surface area contributed by atoms with E-state index in [1.165, 1.54) is 11.3 Å². The van der Waals surface area contributed by atoms with Crippen LogP contribution in [0.3, 0.4) is 0 Å². The minimum absolute atomic E-state index is 0.342. The average Bonchev–Trinajstić information content (AvgIpc) is 3.29. The normalized spacial score (nSPS) is 10.7. The number of nitrogens with zero attached hydrogens (tertiary/aromatic N) is 1. The number of ether oxygens (including phenoxy) is 1. The number of hydrogen-bond acceptors (Lipinski definition) is 5. The minimum atomic E-state index is -0.342. The maximum absolute atomic E-state index is 12.1. The second-order valence-corrected chi connectivity index (χ2v) is 6.83. The summed E-state index contributed by atoms with van der Waals surface area (Å²) in [5, 5.41) is 8.78. The first-order valence-corrected chi connectivity index (χ1v) is 9.17. The Labute approximate surface area is 159 Å². The molecule has 2 N–H and O–H groups in total. The van der Waals surface area contributed by atoms with Crippen molar-refractivity contribution in [2.24, 2.45) is 0 Å². The number of rotatable bonds is 4. The van der Waals surface area contributed by atoms with Gasteiger partial charge in [-0.15, -0.1) is 11.3 Å². The highest BCUT2D eigenvalue weighted by atomic mass is 32.1. The molecule has 0 fully saturated rings. The Hall–Kier alpha value is -3.32. The van der Waals surface area contributed by atoms with Gasteiger partial charge in [0.2, 0.25) is 0 Å². The number of nitrogens with one attached hydrogen (secondary N) is 2. The lowest BCUT2D eigenvalue weighted by molar-refractivity contribution is 0.262. The maximum Gasteiger partial charge on any atom is 0.325 e. The highest BCUT2D eigenvalue weighted by Gasteiger charge is 2.14. The third kappa shape index (κ3) is 3.63. The number of benzene rings is 2. The van der Waals surface area contributed by atoms with E-state index in [9.17, 15) is 4.79 Å². The second-order valence-electron chi connectivity index (χ2n) is 5.97. The van der Waals surface area contributed by atoms with Crippen molar-refractivity contribution in [1.29, 1.82) is 0 Å². The molecule has 2 aromatic carbocycles. The summed E-state index contributed by atoms with van der Waals surface area (Å²) in [6.45, 7) is 1.99. The molecule has 0 aliphatic heterocycles.